The van der Waals surface area contributed by atoms with Crippen LogP contribution in [0.3, 0.4) is 0 Å². The van der Waals surface area contributed by atoms with Crippen LogP contribution >= 0.6 is 11.6 Å². The smallest absolute Gasteiger partial charge is 0.103 e. The summed E-state index contributed by atoms with van der Waals surface area (Å²) in [6.07, 6.45) is 4.92. The van der Waals surface area contributed by atoms with Crippen molar-refractivity contribution >= 4 is 11.6 Å². The van der Waals surface area contributed by atoms with Gasteiger partial charge in [0.05, 0.1) is 29.2 Å². The van der Waals surface area contributed by atoms with Crippen LogP contribution in [0.5, 0.6) is 0 Å². The van der Waals surface area contributed by atoms with Gasteiger partial charge in [-0.2, -0.15) is 5.10 Å². The second kappa shape index (κ2) is 6.04. The quantitative estimate of drug-likeness (QED) is 0.623. The van der Waals surface area contributed by atoms with Gasteiger partial charge in [0.15, 0.2) is 0 Å². The molecule has 98 valence electrons. The Balaban J connectivity index is 2.10. The molecule has 18 heavy (non-hydrogen) atoms. The lowest BCUT2D eigenvalue weighted by Crippen LogP contribution is -2.30. The van der Waals surface area contributed by atoms with Gasteiger partial charge in [-0.15, -0.1) is 0 Å². The van der Waals surface area contributed by atoms with E-state index in [2.05, 4.69) is 10.5 Å². The minimum atomic E-state index is -0.0370. The van der Waals surface area contributed by atoms with Gasteiger partial charge in [0.2, 0.25) is 0 Å². The molecule has 3 N–H and O–H groups in total. The third-order valence-electron chi connectivity index (χ3n) is 2.92. The normalized spacial score (nSPS) is 12.8. The average molecular weight is 269 g/mol. The lowest BCUT2D eigenvalue weighted by molar-refractivity contribution is 0.436. The Kier molecular flexibility index (Phi) is 4.41. The zero-order valence-electron chi connectivity index (χ0n) is 10.3. The van der Waals surface area contributed by atoms with Crippen LogP contribution in [0.1, 0.15) is 30.8 Å². The fourth-order valence-corrected chi connectivity index (χ4v) is 2.28. The van der Waals surface area contributed by atoms with Crippen molar-refractivity contribution in [2.45, 2.75) is 32.4 Å². The molecule has 2 aromatic heterocycles. The second-order valence-electron chi connectivity index (χ2n) is 4.03. The first-order valence-electron chi connectivity index (χ1n) is 5.96. The van der Waals surface area contributed by atoms with E-state index in [1.807, 2.05) is 23.7 Å². The van der Waals surface area contributed by atoms with Gasteiger partial charge in [0.25, 0.3) is 0 Å². The molecule has 2 aromatic rings. The van der Waals surface area contributed by atoms with Crippen LogP contribution in [-0.4, -0.2) is 9.78 Å². The molecule has 0 aliphatic rings. The van der Waals surface area contributed by atoms with Gasteiger partial charge in [-0.05, 0) is 25.5 Å². The largest absolute Gasteiger partial charge is 0.469 e. The Labute approximate surface area is 111 Å². The first kappa shape index (κ1) is 13.1. The van der Waals surface area contributed by atoms with Crippen molar-refractivity contribution in [3.05, 3.63) is 41.1 Å². The molecular weight excluding hydrogens is 252 g/mol. The zero-order valence-corrected chi connectivity index (χ0v) is 11.0. The molecule has 1 atom stereocenters. The predicted octanol–water partition coefficient (Wildman–Crippen LogP) is 2.29. The van der Waals surface area contributed by atoms with E-state index in [1.165, 1.54) is 0 Å². The van der Waals surface area contributed by atoms with Gasteiger partial charge in [-0.25, -0.2) is 0 Å². The lowest BCUT2D eigenvalue weighted by Gasteiger charge is -2.17. The van der Waals surface area contributed by atoms with Gasteiger partial charge in [-0.3, -0.25) is 16.0 Å². The van der Waals surface area contributed by atoms with E-state index in [0.717, 1.165) is 30.8 Å². The van der Waals surface area contributed by atoms with Gasteiger partial charge >= 0.3 is 0 Å². The number of aromatic nitrogens is 2. The molecule has 0 saturated heterocycles. The summed E-state index contributed by atoms with van der Waals surface area (Å²) < 4.78 is 7.16. The fraction of sp³-hybridized carbons (Fsp3) is 0.417. The van der Waals surface area contributed by atoms with Crippen molar-refractivity contribution in [3.8, 4) is 0 Å². The number of hydrogen-bond donors (Lipinski definition) is 2. The standard InChI is InChI=1S/C12H17ClN4O/c1-2-17-12(10(13)8-15-17)11(16-14)6-5-9-4-3-7-18-9/h3-4,7-8,11,16H,2,5-6,14H2,1H3. The Bertz CT molecular complexity index is 480. The number of nitrogens with zero attached hydrogens (tertiary/aromatic N) is 2. The Hall–Kier alpha value is -1.30. The highest BCUT2D eigenvalue weighted by Crippen LogP contribution is 2.25. The maximum atomic E-state index is 6.16. The van der Waals surface area contributed by atoms with Gasteiger partial charge in [-0.1, -0.05) is 11.6 Å². The van der Waals surface area contributed by atoms with Crippen molar-refractivity contribution in [1.29, 1.82) is 0 Å². The molecular formula is C12H17ClN4O. The van der Waals surface area contributed by atoms with Crippen molar-refractivity contribution in [3.63, 3.8) is 0 Å². The van der Waals surface area contributed by atoms with Crippen LogP contribution in [0.4, 0.5) is 0 Å². The monoisotopic (exact) mass is 268 g/mol. The second-order valence-corrected chi connectivity index (χ2v) is 4.44. The molecule has 0 amide bonds. The van der Waals surface area contributed by atoms with Crippen molar-refractivity contribution in [2.75, 3.05) is 0 Å². The molecule has 0 saturated carbocycles. The van der Waals surface area contributed by atoms with Gasteiger partial charge in [0.1, 0.15) is 5.76 Å². The summed E-state index contributed by atoms with van der Waals surface area (Å²) in [4.78, 5) is 0. The molecule has 0 aliphatic carbocycles. The zero-order chi connectivity index (χ0) is 13.0. The summed E-state index contributed by atoms with van der Waals surface area (Å²) in [7, 11) is 0. The summed E-state index contributed by atoms with van der Waals surface area (Å²) in [5.74, 6) is 6.55. The SMILES string of the molecule is CCn1ncc(Cl)c1C(CCc1ccco1)NN. The summed E-state index contributed by atoms with van der Waals surface area (Å²) in [6, 6.07) is 3.79. The number of hydrazine groups is 1. The van der Waals surface area contributed by atoms with E-state index in [4.69, 9.17) is 21.9 Å². The van der Waals surface area contributed by atoms with Gasteiger partial charge < -0.3 is 4.42 Å². The number of aryl methyl sites for hydroxylation is 2. The highest BCUT2D eigenvalue weighted by atomic mass is 35.5. The maximum absolute atomic E-state index is 6.16. The minimum absolute atomic E-state index is 0.0370. The first-order chi connectivity index (χ1) is 8.76. The lowest BCUT2D eigenvalue weighted by atomic mass is 10.1. The number of nitrogens with one attached hydrogen (secondary N) is 1. The first-order valence-corrected chi connectivity index (χ1v) is 6.33. The molecule has 2 rings (SSSR count). The van der Waals surface area contributed by atoms with Crippen molar-refractivity contribution in [1.82, 2.24) is 15.2 Å². The Morgan fingerprint density at radius 1 is 1.61 bits per heavy atom. The molecule has 5 nitrogen and oxygen atoms in total. The summed E-state index contributed by atoms with van der Waals surface area (Å²) >= 11 is 6.16. The third-order valence-corrected chi connectivity index (χ3v) is 3.21. The van der Waals surface area contributed by atoms with Gasteiger partial charge in [0, 0.05) is 13.0 Å². The molecule has 2 heterocycles. The molecule has 0 fully saturated rings. The van der Waals surface area contributed by atoms with E-state index >= 15 is 0 Å². The fourth-order valence-electron chi connectivity index (χ4n) is 2.01. The molecule has 6 heteroatoms. The van der Waals surface area contributed by atoms with Crippen LogP contribution in [0.2, 0.25) is 5.02 Å². The predicted molar refractivity (Wildman–Crippen MR) is 70.0 cm³/mol. The summed E-state index contributed by atoms with van der Waals surface area (Å²) in [5.41, 5.74) is 3.72. The van der Waals surface area contributed by atoms with Crippen LogP contribution < -0.4 is 11.3 Å². The number of hydrogen-bond acceptors (Lipinski definition) is 4. The summed E-state index contributed by atoms with van der Waals surface area (Å²) in [5, 5.41) is 4.85. The minimum Gasteiger partial charge on any atom is -0.469 e. The van der Waals surface area contributed by atoms with E-state index in [1.54, 1.807) is 12.5 Å². The Morgan fingerprint density at radius 2 is 2.44 bits per heavy atom. The highest BCUT2D eigenvalue weighted by Gasteiger charge is 2.19. The number of rotatable bonds is 6. The topological polar surface area (TPSA) is 69.0 Å². The molecule has 0 radical (unpaired) electrons. The molecule has 0 aliphatic heterocycles. The van der Waals surface area contributed by atoms with Crippen LogP contribution in [0.15, 0.2) is 29.0 Å². The molecule has 0 spiro atoms. The summed E-state index contributed by atoms with van der Waals surface area (Å²) in [6.45, 7) is 2.79. The third kappa shape index (κ3) is 2.75. The number of furan rings is 1. The van der Waals surface area contributed by atoms with E-state index in [-0.39, 0.29) is 6.04 Å². The van der Waals surface area contributed by atoms with Crippen molar-refractivity contribution in [2.24, 2.45) is 5.84 Å². The number of halogens is 1. The average Bonchev–Trinajstić information content (AvgIpc) is 3.01. The van der Waals surface area contributed by atoms with E-state index in [0.29, 0.717) is 5.02 Å². The van der Waals surface area contributed by atoms with E-state index < -0.39 is 0 Å². The molecule has 0 aromatic carbocycles. The molecule has 0 bridgehead atoms. The Morgan fingerprint density at radius 3 is 3.06 bits per heavy atom. The molecule has 1 unspecified atom stereocenters. The van der Waals surface area contributed by atoms with Crippen LogP contribution in [0.25, 0.3) is 0 Å². The van der Waals surface area contributed by atoms with E-state index in [9.17, 15) is 0 Å². The number of nitrogens with two attached hydrogens (primary N) is 1. The van der Waals surface area contributed by atoms with Crippen molar-refractivity contribution < 1.29 is 4.42 Å². The van der Waals surface area contributed by atoms with Crippen LogP contribution in [0, 0.1) is 0 Å². The van der Waals surface area contributed by atoms with Crippen LogP contribution in [-0.2, 0) is 13.0 Å². The maximum Gasteiger partial charge on any atom is 0.103 e. The highest BCUT2D eigenvalue weighted by molar-refractivity contribution is 6.31.